The second kappa shape index (κ2) is 4.14. The number of nitrogens with one attached hydrogen (secondary N) is 1. The van der Waals surface area contributed by atoms with E-state index in [0.29, 0.717) is 16.5 Å². The molecule has 0 bridgehead atoms. The molecule has 0 radical (unpaired) electrons. The van der Waals surface area contributed by atoms with Gasteiger partial charge < -0.3 is 11.1 Å². The summed E-state index contributed by atoms with van der Waals surface area (Å²) < 4.78 is 0. The summed E-state index contributed by atoms with van der Waals surface area (Å²) in [5.74, 6) is 0.576. The molecule has 5 heteroatoms. The van der Waals surface area contributed by atoms with E-state index in [9.17, 15) is 0 Å². The van der Waals surface area contributed by atoms with Crippen molar-refractivity contribution in [1.29, 1.82) is 0 Å². The van der Waals surface area contributed by atoms with Crippen LogP contribution >= 0.6 is 11.6 Å². The van der Waals surface area contributed by atoms with Gasteiger partial charge in [-0.3, -0.25) is 0 Å². The third-order valence-corrected chi connectivity index (χ3v) is 2.06. The lowest BCUT2D eigenvalue weighted by Crippen LogP contribution is -1.99. The largest absolute Gasteiger partial charge is 0.394 e. The molecule has 0 aliphatic carbocycles. The minimum Gasteiger partial charge on any atom is -0.394 e. The van der Waals surface area contributed by atoms with Crippen molar-refractivity contribution in [1.82, 2.24) is 9.97 Å². The average Bonchev–Trinajstić information content (AvgIpc) is 2.22. The van der Waals surface area contributed by atoms with E-state index < -0.39 is 0 Å². The molecule has 0 fully saturated rings. The van der Waals surface area contributed by atoms with Crippen molar-refractivity contribution in [2.75, 3.05) is 11.1 Å². The van der Waals surface area contributed by atoms with Crippen molar-refractivity contribution in [2.45, 2.75) is 0 Å². The molecule has 0 unspecified atom stereocenters. The predicted molar refractivity (Wildman–Crippen MR) is 61.2 cm³/mol. The first-order chi connectivity index (χ1) is 7.25. The Morgan fingerprint density at radius 1 is 1.33 bits per heavy atom. The van der Waals surface area contributed by atoms with E-state index in [1.165, 1.54) is 6.33 Å². The van der Waals surface area contributed by atoms with E-state index in [1.807, 2.05) is 12.1 Å². The van der Waals surface area contributed by atoms with Crippen LogP contribution in [0.5, 0.6) is 0 Å². The van der Waals surface area contributed by atoms with Gasteiger partial charge in [-0.15, -0.1) is 0 Å². The molecule has 0 aliphatic heterocycles. The number of hydrogen-bond donors (Lipinski definition) is 2. The number of aromatic nitrogens is 2. The van der Waals surface area contributed by atoms with Crippen molar-refractivity contribution in [3.05, 3.63) is 41.8 Å². The maximum atomic E-state index is 5.85. The number of benzene rings is 1. The SMILES string of the molecule is Nc1cncnc1Nc1cccc(Cl)c1. The summed E-state index contributed by atoms with van der Waals surface area (Å²) in [5, 5.41) is 3.71. The molecule has 3 N–H and O–H groups in total. The predicted octanol–water partition coefficient (Wildman–Crippen LogP) is 2.46. The monoisotopic (exact) mass is 220 g/mol. The van der Waals surface area contributed by atoms with Crippen LogP contribution in [0.3, 0.4) is 0 Å². The lowest BCUT2D eigenvalue weighted by atomic mass is 10.3. The van der Waals surface area contributed by atoms with E-state index in [-0.39, 0.29) is 0 Å². The zero-order valence-electron chi connectivity index (χ0n) is 7.81. The average molecular weight is 221 g/mol. The third kappa shape index (κ3) is 2.35. The number of nitrogens with two attached hydrogens (primary N) is 1. The van der Waals surface area contributed by atoms with Crippen molar-refractivity contribution >= 4 is 28.8 Å². The normalized spacial score (nSPS) is 9.93. The van der Waals surface area contributed by atoms with E-state index in [1.54, 1.807) is 18.3 Å². The van der Waals surface area contributed by atoms with Crippen LogP contribution in [0.4, 0.5) is 17.2 Å². The second-order valence-corrected chi connectivity index (χ2v) is 3.40. The Morgan fingerprint density at radius 2 is 2.20 bits per heavy atom. The highest BCUT2D eigenvalue weighted by Crippen LogP contribution is 2.21. The molecule has 15 heavy (non-hydrogen) atoms. The Kier molecular flexibility index (Phi) is 2.69. The molecule has 0 spiro atoms. The maximum absolute atomic E-state index is 5.85. The van der Waals surface area contributed by atoms with Crippen LogP contribution in [0.1, 0.15) is 0 Å². The summed E-state index contributed by atoms with van der Waals surface area (Å²) in [6.45, 7) is 0. The number of halogens is 1. The molecular formula is C10H9ClN4. The summed E-state index contributed by atoms with van der Waals surface area (Å²) in [7, 11) is 0. The topological polar surface area (TPSA) is 63.8 Å². The fraction of sp³-hybridized carbons (Fsp3) is 0. The molecule has 0 aliphatic rings. The Balaban J connectivity index is 2.26. The van der Waals surface area contributed by atoms with Gasteiger partial charge in [-0.05, 0) is 18.2 Å². The molecule has 2 rings (SSSR count). The summed E-state index contributed by atoms with van der Waals surface area (Å²) in [6, 6.07) is 7.33. The maximum Gasteiger partial charge on any atom is 0.157 e. The number of rotatable bonds is 2. The van der Waals surface area contributed by atoms with E-state index in [4.69, 9.17) is 17.3 Å². The van der Waals surface area contributed by atoms with Gasteiger partial charge in [0.1, 0.15) is 6.33 Å². The van der Waals surface area contributed by atoms with Gasteiger partial charge in [-0.2, -0.15) is 0 Å². The highest BCUT2D eigenvalue weighted by atomic mass is 35.5. The minimum atomic E-state index is 0.498. The van der Waals surface area contributed by atoms with Crippen LogP contribution in [0, 0.1) is 0 Å². The molecule has 0 saturated carbocycles. The fourth-order valence-corrected chi connectivity index (χ4v) is 1.34. The smallest absolute Gasteiger partial charge is 0.157 e. The first kappa shape index (κ1) is 9.73. The molecule has 2 aromatic rings. The van der Waals surface area contributed by atoms with E-state index in [0.717, 1.165) is 5.69 Å². The standard InChI is InChI=1S/C10H9ClN4/c11-7-2-1-3-8(4-7)15-10-9(12)5-13-6-14-10/h1-6H,12H2,(H,13,14,15). The number of nitrogens with zero attached hydrogens (tertiary/aromatic N) is 2. The zero-order chi connectivity index (χ0) is 10.7. The number of hydrogen-bond acceptors (Lipinski definition) is 4. The van der Waals surface area contributed by atoms with Crippen LogP contribution in [-0.2, 0) is 0 Å². The summed E-state index contributed by atoms with van der Waals surface area (Å²) in [5.41, 5.74) is 7.02. The summed E-state index contributed by atoms with van der Waals surface area (Å²) >= 11 is 5.85. The first-order valence-corrected chi connectivity index (χ1v) is 4.71. The molecule has 4 nitrogen and oxygen atoms in total. The quantitative estimate of drug-likeness (QED) is 0.816. The van der Waals surface area contributed by atoms with Crippen molar-refractivity contribution < 1.29 is 0 Å². The van der Waals surface area contributed by atoms with Crippen LogP contribution in [0.2, 0.25) is 5.02 Å². The van der Waals surface area contributed by atoms with Gasteiger partial charge in [0.05, 0.1) is 11.9 Å². The molecule has 0 saturated heterocycles. The van der Waals surface area contributed by atoms with Gasteiger partial charge in [0.25, 0.3) is 0 Å². The Morgan fingerprint density at radius 3 is 2.93 bits per heavy atom. The van der Waals surface area contributed by atoms with Crippen molar-refractivity contribution in [3.8, 4) is 0 Å². The Hall–Kier alpha value is -1.81. The van der Waals surface area contributed by atoms with Gasteiger partial charge >= 0.3 is 0 Å². The molecule has 1 heterocycles. The van der Waals surface area contributed by atoms with Gasteiger partial charge in [0.15, 0.2) is 5.82 Å². The van der Waals surface area contributed by atoms with Crippen LogP contribution in [0.15, 0.2) is 36.8 Å². The number of anilines is 3. The lowest BCUT2D eigenvalue weighted by Gasteiger charge is -2.07. The Bertz CT molecular complexity index is 472. The first-order valence-electron chi connectivity index (χ1n) is 4.34. The summed E-state index contributed by atoms with van der Waals surface area (Å²) in [4.78, 5) is 7.81. The van der Waals surface area contributed by atoms with E-state index >= 15 is 0 Å². The summed E-state index contributed by atoms with van der Waals surface area (Å²) in [6.07, 6.45) is 2.98. The molecule has 1 aromatic heterocycles. The van der Waals surface area contributed by atoms with Gasteiger partial charge in [-0.1, -0.05) is 17.7 Å². The van der Waals surface area contributed by atoms with Gasteiger partial charge in [0, 0.05) is 10.7 Å². The van der Waals surface area contributed by atoms with Crippen LogP contribution < -0.4 is 11.1 Å². The molecule has 0 amide bonds. The number of nitrogen functional groups attached to an aromatic ring is 1. The molecular weight excluding hydrogens is 212 g/mol. The second-order valence-electron chi connectivity index (χ2n) is 2.96. The van der Waals surface area contributed by atoms with Crippen LogP contribution in [0.25, 0.3) is 0 Å². The molecule has 76 valence electrons. The Labute approximate surface area is 92.1 Å². The van der Waals surface area contributed by atoms with Gasteiger partial charge in [-0.25, -0.2) is 9.97 Å². The van der Waals surface area contributed by atoms with Gasteiger partial charge in [0.2, 0.25) is 0 Å². The zero-order valence-corrected chi connectivity index (χ0v) is 8.57. The van der Waals surface area contributed by atoms with Crippen molar-refractivity contribution in [3.63, 3.8) is 0 Å². The van der Waals surface area contributed by atoms with Crippen molar-refractivity contribution in [2.24, 2.45) is 0 Å². The molecule has 1 aromatic carbocycles. The van der Waals surface area contributed by atoms with E-state index in [2.05, 4.69) is 15.3 Å². The third-order valence-electron chi connectivity index (χ3n) is 1.83. The molecule has 0 atom stereocenters. The lowest BCUT2D eigenvalue weighted by molar-refractivity contribution is 1.17. The highest BCUT2D eigenvalue weighted by Gasteiger charge is 2.00. The van der Waals surface area contributed by atoms with Crippen LogP contribution in [-0.4, -0.2) is 9.97 Å². The fourth-order valence-electron chi connectivity index (χ4n) is 1.15. The highest BCUT2D eigenvalue weighted by molar-refractivity contribution is 6.30. The minimum absolute atomic E-state index is 0.498.